The molecule has 0 saturated carbocycles. The predicted octanol–water partition coefficient (Wildman–Crippen LogP) is 5.22. The van der Waals surface area contributed by atoms with Gasteiger partial charge in [-0.25, -0.2) is 0 Å². The zero-order valence-corrected chi connectivity index (χ0v) is 16.4. The standard InChI is InChI=1S/C19H38O3/c1-11-18(7,8)17(20)21-16(12-13(2)3)19(9,10)22-15(6)14(4)5/h13-16H,11-12H2,1-10H3. The molecule has 3 nitrogen and oxygen atoms in total. The highest BCUT2D eigenvalue weighted by Crippen LogP contribution is 2.30. The van der Waals surface area contributed by atoms with Gasteiger partial charge in [-0.05, 0) is 59.3 Å². The average molecular weight is 315 g/mol. The Morgan fingerprint density at radius 3 is 1.86 bits per heavy atom. The van der Waals surface area contributed by atoms with Gasteiger partial charge < -0.3 is 9.47 Å². The molecular weight excluding hydrogens is 276 g/mol. The highest BCUT2D eigenvalue weighted by molar-refractivity contribution is 5.76. The van der Waals surface area contributed by atoms with Crippen molar-refractivity contribution in [2.75, 3.05) is 0 Å². The lowest BCUT2D eigenvalue weighted by Gasteiger charge is -2.39. The minimum absolute atomic E-state index is 0.127. The molecule has 0 fully saturated rings. The van der Waals surface area contributed by atoms with Gasteiger partial charge in [-0.3, -0.25) is 4.79 Å². The number of hydrogen-bond acceptors (Lipinski definition) is 3. The molecule has 0 aliphatic heterocycles. The third kappa shape index (κ3) is 6.68. The smallest absolute Gasteiger partial charge is 0.311 e. The van der Waals surface area contributed by atoms with Crippen LogP contribution in [-0.4, -0.2) is 23.8 Å². The number of rotatable bonds is 9. The van der Waals surface area contributed by atoms with Gasteiger partial charge in [-0.1, -0.05) is 34.6 Å². The van der Waals surface area contributed by atoms with E-state index in [0.717, 1.165) is 12.8 Å². The van der Waals surface area contributed by atoms with E-state index in [2.05, 4.69) is 34.6 Å². The van der Waals surface area contributed by atoms with Gasteiger partial charge in [0.1, 0.15) is 6.10 Å². The van der Waals surface area contributed by atoms with E-state index >= 15 is 0 Å². The van der Waals surface area contributed by atoms with E-state index in [9.17, 15) is 4.79 Å². The number of carbonyl (C=O) groups excluding carboxylic acids is 1. The lowest BCUT2D eigenvalue weighted by molar-refractivity contribution is -0.190. The topological polar surface area (TPSA) is 35.5 Å². The molecule has 0 bridgehead atoms. The zero-order chi connectivity index (χ0) is 17.7. The second-order valence-electron chi connectivity index (χ2n) is 8.43. The summed E-state index contributed by atoms with van der Waals surface area (Å²) in [4.78, 5) is 12.5. The van der Waals surface area contributed by atoms with Gasteiger partial charge in [0.25, 0.3) is 0 Å². The van der Waals surface area contributed by atoms with E-state index in [0.29, 0.717) is 11.8 Å². The van der Waals surface area contributed by atoms with Crippen molar-refractivity contribution in [2.24, 2.45) is 17.3 Å². The number of hydrogen-bond donors (Lipinski definition) is 0. The van der Waals surface area contributed by atoms with Crippen molar-refractivity contribution in [2.45, 2.75) is 99.9 Å². The molecule has 0 N–H and O–H groups in total. The van der Waals surface area contributed by atoms with Crippen molar-refractivity contribution >= 4 is 5.97 Å². The van der Waals surface area contributed by atoms with Gasteiger partial charge in [-0.15, -0.1) is 0 Å². The molecule has 0 aromatic rings. The minimum atomic E-state index is -0.493. The molecule has 0 aromatic carbocycles. The fourth-order valence-electron chi connectivity index (χ4n) is 2.03. The summed E-state index contributed by atoms with van der Waals surface area (Å²) in [5, 5.41) is 0. The highest BCUT2D eigenvalue weighted by atomic mass is 16.6. The molecule has 2 atom stereocenters. The SMILES string of the molecule is CCC(C)(C)C(=O)OC(CC(C)C)C(C)(C)OC(C)C(C)C. The second kappa shape index (κ2) is 8.33. The van der Waals surface area contributed by atoms with E-state index in [-0.39, 0.29) is 18.2 Å². The first-order valence-electron chi connectivity index (χ1n) is 8.72. The van der Waals surface area contributed by atoms with Crippen molar-refractivity contribution in [1.82, 2.24) is 0 Å². The molecule has 0 radical (unpaired) electrons. The van der Waals surface area contributed by atoms with Gasteiger partial charge in [0, 0.05) is 0 Å². The number of carbonyl (C=O) groups is 1. The summed E-state index contributed by atoms with van der Waals surface area (Å²) in [5.41, 5.74) is -0.942. The molecule has 22 heavy (non-hydrogen) atoms. The third-order valence-electron chi connectivity index (χ3n) is 4.58. The van der Waals surface area contributed by atoms with Crippen LogP contribution in [0.4, 0.5) is 0 Å². The molecule has 132 valence electrons. The largest absolute Gasteiger partial charge is 0.459 e. The molecule has 0 saturated heterocycles. The molecule has 2 unspecified atom stereocenters. The lowest BCUT2D eigenvalue weighted by atomic mass is 9.89. The molecule has 0 rings (SSSR count). The minimum Gasteiger partial charge on any atom is -0.459 e. The summed E-state index contributed by atoms with van der Waals surface area (Å²) in [6.07, 6.45) is 1.47. The number of ether oxygens (including phenoxy) is 2. The molecule has 0 aliphatic carbocycles. The molecule has 0 aromatic heterocycles. The van der Waals surface area contributed by atoms with Gasteiger partial charge in [0.05, 0.1) is 17.1 Å². The van der Waals surface area contributed by atoms with Crippen molar-refractivity contribution in [3.05, 3.63) is 0 Å². The van der Waals surface area contributed by atoms with Crippen molar-refractivity contribution in [3.63, 3.8) is 0 Å². The monoisotopic (exact) mass is 314 g/mol. The van der Waals surface area contributed by atoms with Crippen LogP contribution in [0, 0.1) is 17.3 Å². The first-order chi connectivity index (χ1) is 9.83. The molecular formula is C19H38O3. The van der Waals surface area contributed by atoms with E-state index in [4.69, 9.17) is 9.47 Å². The molecule has 3 heteroatoms. The number of esters is 1. The Hall–Kier alpha value is -0.570. The molecule has 0 heterocycles. The predicted molar refractivity (Wildman–Crippen MR) is 92.9 cm³/mol. The van der Waals surface area contributed by atoms with Crippen molar-refractivity contribution in [1.29, 1.82) is 0 Å². The fraction of sp³-hybridized carbons (Fsp3) is 0.947. The maximum atomic E-state index is 12.5. The molecule has 0 amide bonds. The summed E-state index contributed by atoms with van der Waals surface area (Å²) in [6, 6.07) is 0. The Bertz CT molecular complexity index is 343. The van der Waals surface area contributed by atoms with Gasteiger partial charge in [0.2, 0.25) is 0 Å². The summed E-state index contributed by atoms with van der Waals surface area (Å²) in [5.74, 6) is 0.746. The summed E-state index contributed by atoms with van der Waals surface area (Å²) in [7, 11) is 0. The highest BCUT2D eigenvalue weighted by Gasteiger charge is 2.39. The third-order valence-corrected chi connectivity index (χ3v) is 4.58. The van der Waals surface area contributed by atoms with E-state index in [1.165, 1.54) is 0 Å². The van der Waals surface area contributed by atoms with Crippen molar-refractivity contribution in [3.8, 4) is 0 Å². The Labute approximate surface area is 138 Å². The average Bonchev–Trinajstić information content (AvgIpc) is 2.36. The van der Waals surface area contributed by atoms with Crippen LogP contribution in [0.25, 0.3) is 0 Å². The maximum absolute atomic E-state index is 12.5. The van der Waals surface area contributed by atoms with E-state index < -0.39 is 11.0 Å². The summed E-state index contributed by atoms with van der Waals surface area (Å²) in [6.45, 7) is 20.6. The summed E-state index contributed by atoms with van der Waals surface area (Å²) < 4.78 is 12.1. The molecule has 0 aliphatic rings. The second-order valence-corrected chi connectivity index (χ2v) is 8.43. The first kappa shape index (κ1) is 21.4. The van der Waals surface area contributed by atoms with Crippen LogP contribution in [0.15, 0.2) is 0 Å². The van der Waals surface area contributed by atoms with Crippen LogP contribution in [-0.2, 0) is 14.3 Å². The van der Waals surface area contributed by atoms with Crippen LogP contribution in [0.2, 0.25) is 0 Å². The van der Waals surface area contributed by atoms with Crippen LogP contribution < -0.4 is 0 Å². The Kier molecular flexibility index (Phi) is 8.11. The van der Waals surface area contributed by atoms with Crippen LogP contribution in [0.3, 0.4) is 0 Å². The van der Waals surface area contributed by atoms with E-state index in [1.807, 2.05) is 34.6 Å². The van der Waals surface area contributed by atoms with Gasteiger partial charge in [-0.2, -0.15) is 0 Å². The van der Waals surface area contributed by atoms with Crippen LogP contribution >= 0.6 is 0 Å². The van der Waals surface area contributed by atoms with Gasteiger partial charge in [0.15, 0.2) is 0 Å². The quantitative estimate of drug-likeness (QED) is 0.547. The van der Waals surface area contributed by atoms with E-state index in [1.54, 1.807) is 0 Å². The molecule has 0 spiro atoms. The Morgan fingerprint density at radius 2 is 1.50 bits per heavy atom. The normalized spacial score (nSPS) is 16.0. The Morgan fingerprint density at radius 1 is 1.00 bits per heavy atom. The fourth-order valence-corrected chi connectivity index (χ4v) is 2.03. The zero-order valence-electron chi connectivity index (χ0n) is 16.4. The van der Waals surface area contributed by atoms with Gasteiger partial charge >= 0.3 is 5.97 Å². The first-order valence-corrected chi connectivity index (χ1v) is 8.72. The van der Waals surface area contributed by atoms with Crippen LogP contribution in [0.1, 0.15) is 82.1 Å². The summed E-state index contributed by atoms with van der Waals surface area (Å²) >= 11 is 0. The van der Waals surface area contributed by atoms with Crippen molar-refractivity contribution < 1.29 is 14.3 Å². The maximum Gasteiger partial charge on any atom is 0.311 e. The Balaban J connectivity index is 5.15. The lowest BCUT2D eigenvalue weighted by Crippen LogP contribution is -2.47. The van der Waals surface area contributed by atoms with Crippen LogP contribution in [0.5, 0.6) is 0 Å².